The molecule has 150 valence electrons. The first-order valence-electron chi connectivity index (χ1n) is 9.70. The van der Waals surface area contributed by atoms with Gasteiger partial charge in [-0.15, -0.1) is 0 Å². The van der Waals surface area contributed by atoms with Crippen molar-refractivity contribution < 1.29 is 14.3 Å². The van der Waals surface area contributed by atoms with Crippen LogP contribution in [-0.4, -0.2) is 57.4 Å². The largest absolute Gasteiger partial charge is 0.378 e. The van der Waals surface area contributed by atoms with E-state index in [1.807, 2.05) is 36.4 Å². The number of imidazole rings is 1. The number of hydrogen-bond acceptors (Lipinski definition) is 5. The molecule has 1 aliphatic rings. The summed E-state index contributed by atoms with van der Waals surface area (Å²) in [6.07, 6.45) is 5.18. The zero-order valence-electron chi connectivity index (χ0n) is 16.1. The van der Waals surface area contributed by atoms with E-state index in [4.69, 9.17) is 4.74 Å². The Labute approximate surface area is 172 Å². The molecule has 2 amide bonds. The van der Waals surface area contributed by atoms with Gasteiger partial charge in [0.2, 0.25) is 5.82 Å². The molecule has 1 fully saturated rings. The van der Waals surface area contributed by atoms with Crippen molar-refractivity contribution in [1.82, 2.24) is 19.3 Å². The van der Waals surface area contributed by atoms with Gasteiger partial charge in [0.05, 0.1) is 18.7 Å². The number of carbonyl (C=O) groups is 2. The van der Waals surface area contributed by atoms with Gasteiger partial charge in [0.1, 0.15) is 0 Å². The van der Waals surface area contributed by atoms with E-state index < -0.39 is 0 Å². The molecule has 8 heteroatoms. The van der Waals surface area contributed by atoms with Gasteiger partial charge in [0.25, 0.3) is 11.8 Å². The molecular weight excluding hydrogens is 382 g/mol. The van der Waals surface area contributed by atoms with Crippen LogP contribution in [0, 0.1) is 0 Å². The lowest BCUT2D eigenvalue weighted by molar-refractivity contribution is 0.0294. The van der Waals surface area contributed by atoms with Crippen LogP contribution in [0.15, 0.2) is 61.1 Å². The van der Waals surface area contributed by atoms with Crippen molar-refractivity contribution in [2.24, 2.45) is 0 Å². The molecule has 30 heavy (non-hydrogen) atoms. The molecule has 4 heterocycles. The summed E-state index contributed by atoms with van der Waals surface area (Å²) < 4.78 is 6.99. The number of morpholine rings is 1. The first kappa shape index (κ1) is 18.3. The molecule has 1 aromatic carbocycles. The lowest BCUT2D eigenvalue weighted by atomic mass is 10.1. The number of amides is 2. The van der Waals surface area contributed by atoms with Crippen LogP contribution < -0.4 is 5.32 Å². The molecule has 1 N–H and O–H groups in total. The molecule has 8 nitrogen and oxygen atoms in total. The summed E-state index contributed by atoms with van der Waals surface area (Å²) in [4.78, 5) is 36.4. The second-order valence-electron chi connectivity index (χ2n) is 7.00. The number of ether oxygens (including phenoxy) is 1. The third kappa shape index (κ3) is 3.17. The average Bonchev–Trinajstić information content (AvgIpc) is 3.19. The zero-order chi connectivity index (χ0) is 20.5. The fraction of sp³-hybridized carbons (Fsp3) is 0.182. The number of pyridine rings is 2. The molecule has 0 aliphatic carbocycles. The third-order valence-electron chi connectivity index (χ3n) is 5.18. The smallest absolute Gasteiger partial charge is 0.290 e. The van der Waals surface area contributed by atoms with E-state index in [-0.39, 0.29) is 23.3 Å². The Morgan fingerprint density at radius 3 is 2.77 bits per heavy atom. The minimum absolute atomic E-state index is 0.207. The molecule has 1 aliphatic heterocycles. The van der Waals surface area contributed by atoms with Crippen LogP contribution in [0.3, 0.4) is 0 Å². The average molecular weight is 401 g/mol. The summed E-state index contributed by atoms with van der Waals surface area (Å²) in [7, 11) is 0. The molecule has 0 spiro atoms. The normalized spacial score (nSPS) is 14.2. The first-order chi connectivity index (χ1) is 14.7. The van der Waals surface area contributed by atoms with E-state index in [0.717, 1.165) is 10.8 Å². The zero-order valence-corrected chi connectivity index (χ0v) is 16.1. The highest BCUT2D eigenvalue weighted by Crippen LogP contribution is 2.24. The number of nitrogens with one attached hydrogen (secondary N) is 1. The van der Waals surface area contributed by atoms with Crippen LogP contribution in [0.1, 0.15) is 21.1 Å². The minimum atomic E-state index is -0.371. The SMILES string of the molecule is O=C(Nc1cccc2cnccc12)c1nc(C(=O)N2CCOCC2)n2ccccc12. The topological polar surface area (TPSA) is 88.8 Å². The number of nitrogens with zero attached hydrogens (tertiary/aromatic N) is 4. The van der Waals surface area contributed by atoms with Crippen molar-refractivity contribution in [1.29, 1.82) is 0 Å². The number of rotatable bonds is 3. The molecule has 0 saturated carbocycles. The van der Waals surface area contributed by atoms with Gasteiger partial charge in [0.15, 0.2) is 5.69 Å². The minimum Gasteiger partial charge on any atom is -0.378 e. The molecule has 5 rings (SSSR count). The number of aromatic nitrogens is 3. The van der Waals surface area contributed by atoms with Crippen molar-refractivity contribution in [3.05, 3.63) is 72.6 Å². The molecule has 0 radical (unpaired) electrons. The molecule has 1 saturated heterocycles. The Balaban J connectivity index is 1.52. The fourth-order valence-corrected chi connectivity index (χ4v) is 3.68. The molecule has 0 unspecified atom stereocenters. The summed E-state index contributed by atoms with van der Waals surface area (Å²) in [6, 6.07) is 12.9. The predicted molar refractivity (Wildman–Crippen MR) is 112 cm³/mol. The summed E-state index contributed by atoms with van der Waals surface area (Å²) in [5.41, 5.74) is 1.45. The second-order valence-corrected chi connectivity index (χ2v) is 7.00. The Hall–Kier alpha value is -3.78. The Bertz CT molecular complexity index is 1250. The second kappa shape index (κ2) is 7.57. The van der Waals surface area contributed by atoms with Crippen molar-refractivity contribution in [2.45, 2.75) is 0 Å². The number of carbonyl (C=O) groups excluding carboxylic acids is 2. The summed E-state index contributed by atoms with van der Waals surface area (Å²) in [5.74, 6) is -0.362. The summed E-state index contributed by atoms with van der Waals surface area (Å²) >= 11 is 0. The van der Waals surface area contributed by atoms with Crippen LogP contribution in [0.4, 0.5) is 5.69 Å². The Morgan fingerprint density at radius 1 is 1.03 bits per heavy atom. The monoisotopic (exact) mass is 401 g/mol. The van der Waals surface area contributed by atoms with E-state index >= 15 is 0 Å². The highest BCUT2D eigenvalue weighted by molar-refractivity contribution is 6.12. The van der Waals surface area contributed by atoms with Crippen molar-refractivity contribution in [3.63, 3.8) is 0 Å². The van der Waals surface area contributed by atoms with Crippen LogP contribution in [0.25, 0.3) is 16.3 Å². The van der Waals surface area contributed by atoms with Crippen molar-refractivity contribution >= 4 is 33.8 Å². The Morgan fingerprint density at radius 2 is 1.90 bits per heavy atom. The van der Waals surface area contributed by atoms with Crippen LogP contribution in [0.2, 0.25) is 0 Å². The standard InChI is InChI=1S/C22H19N5O3/c28-21(24-17-5-3-4-15-14-23-8-7-16(15)17)19-18-6-1-2-9-27(18)20(25-19)22(29)26-10-12-30-13-11-26/h1-9,14H,10-13H2,(H,24,28). The van der Waals surface area contributed by atoms with E-state index in [1.54, 1.807) is 34.0 Å². The van der Waals surface area contributed by atoms with Gasteiger partial charge in [-0.25, -0.2) is 4.98 Å². The number of hydrogen-bond donors (Lipinski definition) is 1. The molecular formula is C22H19N5O3. The van der Waals surface area contributed by atoms with Crippen LogP contribution in [-0.2, 0) is 4.74 Å². The van der Waals surface area contributed by atoms with Gasteiger partial charge >= 0.3 is 0 Å². The maximum absolute atomic E-state index is 13.1. The van der Waals surface area contributed by atoms with Gasteiger partial charge in [0, 0.05) is 48.1 Å². The molecule has 4 aromatic rings. The molecule has 0 bridgehead atoms. The highest BCUT2D eigenvalue weighted by atomic mass is 16.5. The van der Waals surface area contributed by atoms with E-state index in [9.17, 15) is 9.59 Å². The quantitative estimate of drug-likeness (QED) is 0.570. The van der Waals surface area contributed by atoms with Gasteiger partial charge in [-0.2, -0.15) is 0 Å². The van der Waals surface area contributed by atoms with Gasteiger partial charge in [-0.1, -0.05) is 18.2 Å². The van der Waals surface area contributed by atoms with E-state index in [2.05, 4.69) is 15.3 Å². The van der Waals surface area contributed by atoms with E-state index in [0.29, 0.717) is 37.5 Å². The lowest BCUT2D eigenvalue weighted by Crippen LogP contribution is -2.41. The van der Waals surface area contributed by atoms with E-state index in [1.165, 1.54) is 0 Å². The number of anilines is 1. The first-order valence-corrected chi connectivity index (χ1v) is 9.70. The maximum atomic E-state index is 13.1. The maximum Gasteiger partial charge on any atom is 0.290 e. The van der Waals surface area contributed by atoms with Crippen molar-refractivity contribution in [3.8, 4) is 0 Å². The predicted octanol–water partition coefficient (Wildman–Crippen LogP) is 2.61. The van der Waals surface area contributed by atoms with Crippen LogP contribution in [0.5, 0.6) is 0 Å². The van der Waals surface area contributed by atoms with Crippen molar-refractivity contribution in [2.75, 3.05) is 31.6 Å². The number of fused-ring (bicyclic) bond motifs is 2. The fourth-order valence-electron chi connectivity index (χ4n) is 3.68. The van der Waals surface area contributed by atoms with Gasteiger partial charge in [-0.05, 0) is 24.3 Å². The van der Waals surface area contributed by atoms with Gasteiger partial charge < -0.3 is 15.0 Å². The molecule has 0 atom stereocenters. The third-order valence-corrected chi connectivity index (χ3v) is 5.18. The molecule has 3 aromatic heterocycles. The van der Waals surface area contributed by atoms with Crippen LogP contribution >= 0.6 is 0 Å². The Kier molecular flexibility index (Phi) is 4.61. The summed E-state index contributed by atoms with van der Waals surface area (Å²) in [5, 5.41) is 4.75. The highest BCUT2D eigenvalue weighted by Gasteiger charge is 2.26. The van der Waals surface area contributed by atoms with Gasteiger partial charge in [-0.3, -0.25) is 19.0 Å². The number of benzene rings is 1. The lowest BCUT2D eigenvalue weighted by Gasteiger charge is -2.26. The summed E-state index contributed by atoms with van der Waals surface area (Å²) in [6.45, 7) is 2.01.